The monoisotopic (exact) mass is 265 g/mol. The van der Waals surface area contributed by atoms with Gasteiger partial charge in [0.25, 0.3) is 0 Å². The molecular weight excluding hydrogens is 246 g/mol. The van der Waals surface area contributed by atoms with Crippen LogP contribution in [0.15, 0.2) is 23.1 Å². The molecule has 1 aliphatic carbocycles. The first-order chi connectivity index (χ1) is 8.45. The molecular formula is C14H19NO2S. The van der Waals surface area contributed by atoms with Crippen molar-refractivity contribution in [2.24, 2.45) is 11.3 Å². The Hall–Kier alpha value is -1.16. The molecule has 98 valence electrons. The van der Waals surface area contributed by atoms with Crippen LogP contribution in [0, 0.1) is 11.3 Å². The summed E-state index contributed by atoms with van der Waals surface area (Å²) in [5, 5.41) is 12.6. The van der Waals surface area contributed by atoms with Gasteiger partial charge in [0, 0.05) is 17.1 Å². The van der Waals surface area contributed by atoms with Crippen LogP contribution in [-0.2, 0) is 0 Å². The summed E-state index contributed by atoms with van der Waals surface area (Å²) in [5.41, 5.74) is 1.54. The summed E-state index contributed by atoms with van der Waals surface area (Å²) in [6.45, 7) is 5.34. The Morgan fingerprint density at radius 1 is 1.56 bits per heavy atom. The molecule has 2 N–H and O–H groups in total. The first-order valence-corrected chi connectivity index (χ1v) is 7.32. The van der Waals surface area contributed by atoms with Gasteiger partial charge in [-0.15, -0.1) is 11.8 Å². The van der Waals surface area contributed by atoms with Crippen molar-refractivity contribution in [1.82, 2.24) is 0 Å². The lowest BCUT2D eigenvalue weighted by molar-refractivity contribution is 0.0694. The van der Waals surface area contributed by atoms with E-state index < -0.39 is 5.97 Å². The summed E-state index contributed by atoms with van der Waals surface area (Å²) in [5.74, 6) is -0.213. The van der Waals surface area contributed by atoms with Crippen molar-refractivity contribution in [3.05, 3.63) is 23.8 Å². The number of carboxylic acid groups (broad SMARTS) is 1. The zero-order chi connectivity index (χ0) is 13.3. The third-order valence-electron chi connectivity index (χ3n) is 3.72. The molecule has 0 radical (unpaired) electrons. The number of carbonyl (C=O) groups is 1. The van der Waals surface area contributed by atoms with Gasteiger partial charge in [0.2, 0.25) is 0 Å². The summed E-state index contributed by atoms with van der Waals surface area (Å²) in [6.07, 6.45) is 3.11. The number of hydrogen-bond donors (Lipinski definition) is 2. The van der Waals surface area contributed by atoms with Gasteiger partial charge in [-0.1, -0.05) is 19.9 Å². The van der Waals surface area contributed by atoms with Crippen LogP contribution < -0.4 is 5.32 Å². The maximum Gasteiger partial charge on any atom is 0.338 e. The fraction of sp³-hybridized carbons (Fsp3) is 0.500. The van der Waals surface area contributed by atoms with Gasteiger partial charge in [0.05, 0.1) is 5.56 Å². The fourth-order valence-corrected chi connectivity index (χ4v) is 2.84. The van der Waals surface area contributed by atoms with Crippen LogP contribution >= 0.6 is 11.8 Å². The molecule has 1 aromatic carbocycles. The zero-order valence-electron chi connectivity index (χ0n) is 11.0. The van der Waals surface area contributed by atoms with Crippen LogP contribution in [0.1, 0.15) is 30.6 Å². The highest BCUT2D eigenvalue weighted by atomic mass is 32.2. The molecule has 3 nitrogen and oxygen atoms in total. The average molecular weight is 265 g/mol. The number of carboxylic acids is 1. The second kappa shape index (κ2) is 4.84. The standard InChI is InChI=1S/C14H19NO2S/c1-14(2)7-9(14)8-15-10-5-4-6-11(18-3)12(10)13(16)17/h4-6,9,15H,7-8H2,1-3H3,(H,16,17). The lowest BCUT2D eigenvalue weighted by Gasteiger charge is -2.13. The molecule has 0 aromatic heterocycles. The van der Waals surface area contributed by atoms with Gasteiger partial charge < -0.3 is 10.4 Å². The summed E-state index contributed by atoms with van der Waals surface area (Å²) in [4.78, 5) is 12.1. The van der Waals surface area contributed by atoms with Crippen molar-refractivity contribution in [2.75, 3.05) is 18.1 Å². The molecule has 2 rings (SSSR count). The maximum absolute atomic E-state index is 11.3. The van der Waals surface area contributed by atoms with Crippen molar-refractivity contribution in [1.29, 1.82) is 0 Å². The molecule has 0 heterocycles. The van der Waals surface area contributed by atoms with Crippen molar-refractivity contribution in [3.63, 3.8) is 0 Å². The van der Waals surface area contributed by atoms with Gasteiger partial charge in [-0.2, -0.15) is 0 Å². The highest BCUT2D eigenvalue weighted by molar-refractivity contribution is 7.98. The lowest BCUT2D eigenvalue weighted by atomic mass is 10.1. The largest absolute Gasteiger partial charge is 0.478 e. The number of nitrogens with one attached hydrogen (secondary N) is 1. The zero-order valence-corrected chi connectivity index (χ0v) is 11.8. The fourth-order valence-electron chi connectivity index (χ4n) is 2.23. The van der Waals surface area contributed by atoms with E-state index in [1.54, 1.807) is 0 Å². The number of benzene rings is 1. The number of aromatic carboxylic acids is 1. The van der Waals surface area contributed by atoms with E-state index in [0.29, 0.717) is 16.9 Å². The maximum atomic E-state index is 11.3. The van der Waals surface area contributed by atoms with Gasteiger partial charge in [0.1, 0.15) is 0 Å². The first-order valence-electron chi connectivity index (χ1n) is 6.10. The van der Waals surface area contributed by atoms with Gasteiger partial charge in [-0.3, -0.25) is 0 Å². The van der Waals surface area contributed by atoms with Gasteiger partial charge in [-0.05, 0) is 36.1 Å². The molecule has 0 spiro atoms. The van der Waals surface area contributed by atoms with Crippen molar-refractivity contribution < 1.29 is 9.90 Å². The Bertz CT molecular complexity index is 471. The molecule has 1 aliphatic rings. The van der Waals surface area contributed by atoms with E-state index in [4.69, 9.17) is 0 Å². The number of rotatable bonds is 5. The molecule has 18 heavy (non-hydrogen) atoms. The van der Waals surface area contributed by atoms with Gasteiger partial charge >= 0.3 is 5.97 Å². The third-order valence-corrected chi connectivity index (χ3v) is 4.50. The van der Waals surface area contributed by atoms with Crippen LogP contribution in [-0.4, -0.2) is 23.9 Å². The third kappa shape index (κ3) is 2.64. The molecule has 1 atom stereocenters. The summed E-state index contributed by atoms with van der Waals surface area (Å²) in [7, 11) is 0. The van der Waals surface area contributed by atoms with Crippen molar-refractivity contribution in [2.45, 2.75) is 25.2 Å². The number of thioether (sulfide) groups is 1. The quantitative estimate of drug-likeness (QED) is 0.799. The van der Waals surface area contributed by atoms with Crippen molar-refractivity contribution in [3.8, 4) is 0 Å². The second-order valence-electron chi connectivity index (χ2n) is 5.46. The minimum absolute atomic E-state index is 0.392. The number of hydrogen-bond acceptors (Lipinski definition) is 3. The normalized spacial score (nSPS) is 20.5. The minimum atomic E-state index is -0.863. The summed E-state index contributed by atoms with van der Waals surface area (Å²) < 4.78 is 0. The molecule has 1 aromatic rings. The van der Waals surface area contributed by atoms with E-state index in [-0.39, 0.29) is 0 Å². The Morgan fingerprint density at radius 3 is 2.72 bits per heavy atom. The molecule has 4 heteroatoms. The summed E-state index contributed by atoms with van der Waals surface area (Å²) in [6, 6.07) is 5.59. The van der Waals surface area contributed by atoms with Crippen LogP contribution in [0.5, 0.6) is 0 Å². The lowest BCUT2D eigenvalue weighted by Crippen LogP contribution is -2.11. The predicted molar refractivity (Wildman–Crippen MR) is 75.6 cm³/mol. The highest BCUT2D eigenvalue weighted by Gasteiger charge is 2.45. The van der Waals surface area contributed by atoms with E-state index in [0.717, 1.165) is 17.1 Å². The highest BCUT2D eigenvalue weighted by Crippen LogP contribution is 2.51. The van der Waals surface area contributed by atoms with E-state index in [9.17, 15) is 9.90 Å². The molecule has 0 amide bonds. The Balaban J connectivity index is 2.14. The summed E-state index contributed by atoms with van der Waals surface area (Å²) >= 11 is 1.47. The van der Waals surface area contributed by atoms with Crippen LogP contribution in [0.2, 0.25) is 0 Å². The van der Waals surface area contributed by atoms with Crippen LogP contribution in [0.3, 0.4) is 0 Å². The molecule has 0 aliphatic heterocycles. The topological polar surface area (TPSA) is 49.3 Å². The smallest absolute Gasteiger partial charge is 0.338 e. The van der Waals surface area contributed by atoms with E-state index in [1.807, 2.05) is 24.5 Å². The Kier molecular flexibility index (Phi) is 3.57. The van der Waals surface area contributed by atoms with E-state index >= 15 is 0 Å². The SMILES string of the molecule is CSc1cccc(NCC2CC2(C)C)c1C(=O)O. The van der Waals surface area contributed by atoms with E-state index in [2.05, 4.69) is 19.2 Å². The van der Waals surface area contributed by atoms with Crippen LogP contribution in [0.25, 0.3) is 0 Å². The van der Waals surface area contributed by atoms with Gasteiger partial charge in [-0.25, -0.2) is 4.79 Å². The molecule has 1 unspecified atom stereocenters. The second-order valence-corrected chi connectivity index (χ2v) is 6.31. The minimum Gasteiger partial charge on any atom is -0.478 e. The van der Waals surface area contributed by atoms with Crippen LogP contribution in [0.4, 0.5) is 5.69 Å². The predicted octanol–water partition coefficient (Wildman–Crippen LogP) is 3.56. The van der Waals surface area contributed by atoms with Gasteiger partial charge in [0.15, 0.2) is 0 Å². The van der Waals surface area contributed by atoms with Crippen molar-refractivity contribution >= 4 is 23.4 Å². The Labute approximate surface area is 112 Å². The average Bonchev–Trinajstić information content (AvgIpc) is 2.93. The molecule has 0 bridgehead atoms. The first kappa shape index (κ1) is 13.3. The van der Waals surface area contributed by atoms with E-state index in [1.165, 1.54) is 18.2 Å². The molecule has 0 saturated heterocycles. The number of anilines is 1. The Morgan fingerprint density at radius 2 is 2.22 bits per heavy atom. The molecule has 1 saturated carbocycles. The molecule has 1 fully saturated rings.